The van der Waals surface area contributed by atoms with Crippen LogP contribution in [0.2, 0.25) is 5.02 Å². The number of amides is 2. The third-order valence-electron chi connectivity index (χ3n) is 2.59. The van der Waals surface area contributed by atoms with E-state index < -0.39 is 24.0 Å². The van der Waals surface area contributed by atoms with Gasteiger partial charge in [0, 0.05) is 17.3 Å². The van der Waals surface area contributed by atoms with Crippen molar-refractivity contribution in [3.63, 3.8) is 0 Å². The molecule has 4 N–H and O–H groups in total. The Morgan fingerprint density at radius 1 is 1.40 bits per heavy atom. The van der Waals surface area contributed by atoms with Crippen LogP contribution in [0.5, 0.6) is 0 Å². The van der Waals surface area contributed by atoms with Gasteiger partial charge in [-0.25, -0.2) is 4.79 Å². The van der Waals surface area contributed by atoms with E-state index in [1.807, 2.05) is 6.92 Å². The maximum absolute atomic E-state index is 11.6. The average Bonchev–Trinajstić information content (AvgIpc) is 2.30. The first-order valence-corrected chi connectivity index (χ1v) is 6.32. The number of halogens is 1. The molecule has 0 saturated carbocycles. The molecule has 6 nitrogen and oxygen atoms in total. The SMILES string of the molecule is Cc1ccc(NC(=O)NCC(C)(O)CC(=O)O)cc1Cl. The van der Waals surface area contributed by atoms with Crippen LogP contribution in [0.4, 0.5) is 10.5 Å². The van der Waals surface area contributed by atoms with E-state index in [-0.39, 0.29) is 6.54 Å². The molecule has 1 aromatic carbocycles. The van der Waals surface area contributed by atoms with Crippen molar-refractivity contribution in [1.29, 1.82) is 0 Å². The van der Waals surface area contributed by atoms with Gasteiger partial charge in [0.1, 0.15) is 0 Å². The summed E-state index contributed by atoms with van der Waals surface area (Å²) in [5.74, 6) is -1.14. The van der Waals surface area contributed by atoms with E-state index in [0.29, 0.717) is 10.7 Å². The summed E-state index contributed by atoms with van der Waals surface area (Å²) in [5, 5.41) is 23.8. The molecule has 7 heteroatoms. The Bertz CT molecular complexity index is 517. The summed E-state index contributed by atoms with van der Waals surface area (Å²) in [5.41, 5.74) is -0.105. The number of carbonyl (C=O) groups excluding carboxylic acids is 1. The van der Waals surface area contributed by atoms with Crippen LogP contribution in [0.25, 0.3) is 0 Å². The van der Waals surface area contributed by atoms with Gasteiger partial charge in [-0.05, 0) is 31.5 Å². The third-order valence-corrected chi connectivity index (χ3v) is 3.00. The number of aliphatic hydroxyl groups is 1. The normalized spacial score (nSPS) is 13.4. The number of hydrogen-bond donors (Lipinski definition) is 4. The molecule has 0 bridgehead atoms. The number of aliphatic carboxylic acids is 1. The molecule has 20 heavy (non-hydrogen) atoms. The summed E-state index contributed by atoms with van der Waals surface area (Å²) in [4.78, 5) is 22.1. The molecule has 1 unspecified atom stereocenters. The number of carboxylic acid groups (broad SMARTS) is 1. The van der Waals surface area contributed by atoms with Gasteiger partial charge in [-0.1, -0.05) is 17.7 Å². The first-order chi connectivity index (χ1) is 9.19. The van der Waals surface area contributed by atoms with Gasteiger partial charge in [0.25, 0.3) is 0 Å². The first kappa shape index (κ1) is 16.3. The van der Waals surface area contributed by atoms with Crippen LogP contribution in [0.15, 0.2) is 18.2 Å². The van der Waals surface area contributed by atoms with Crippen molar-refractivity contribution in [1.82, 2.24) is 5.32 Å². The summed E-state index contributed by atoms with van der Waals surface area (Å²) in [6.07, 6.45) is -0.455. The Labute approximate surface area is 121 Å². The van der Waals surface area contributed by atoms with Gasteiger partial charge >= 0.3 is 12.0 Å². The topological polar surface area (TPSA) is 98.7 Å². The van der Waals surface area contributed by atoms with Gasteiger partial charge in [-0.3, -0.25) is 4.79 Å². The number of anilines is 1. The molecular weight excluding hydrogens is 284 g/mol. The zero-order valence-corrected chi connectivity index (χ0v) is 12.0. The lowest BCUT2D eigenvalue weighted by atomic mass is 10.0. The summed E-state index contributed by atoms with van der Waals surface area (Å²) in [7, 11) is 0. The van der Waals surface area contributed by atoms with E-state index >= 15 is 0 Å². The minimum absolute atomic E-state index is 0.176. The molecule has 0 fully saturated rings. The van der Waals surface area contributed by atoms with Gasteiger partial charge in [0.05, 0.1) is 12.0 Å². The van der Waals surface area contributed by atoms with Crippen LogP contribution in [-0.4, -0.2) is 34.4 Å². The number of rotatable bonds is 5. The van der Waals surface area contributed by atoms with Crippen molar-refractivity contribution < 1.29 is 19.8 Å². The van der Waals surface area contributed by atoms with Crippen LogP contribution in [0, 0.1) is 6.92 Å². The van der Waals surface area contributed by atoms with E-state index in [2.05, 4.69) is 10.6 Å². The molecule has 0 saturated heterocycles. The molecule has 0 aliphatic carbocycles. The van der Waals surface area contributed by atoms with Crippen LogP contribution >= 0.6 is 11.6 Å². The second kappa shape index (κ2) is 6.58. The Morgan fingerprint density at radius 2 is 2.05 bits per heavy atom. The maximum Gasteiger partial charge on any atom is 0.319 e. The van der Waals surface area contributed by atoms with Gasteiger partial charge in [-0.2, -0.15) is 0 Å². The molecular formula is C13H17ClN2O4. The molecule has 1 rings (SSSR count). The second-order valence-electron chi connectivity index (χ2n) is 4.84. The largest absolute Gasteiger partial charge is 0.481 e. The molecule has 1 atom stereocenters. The molecule has 0 spiro atoms. The van der Waals surface area contributed by atoms with Crippen molar-refractivity contribution in [3.05, 3.63) is 28.8 Å². The minimum Gasteiger partial charge on any atom is -0.481 e. The molecule has 1 aromatic rings. The van der Waals surface area contributed by atoms with Crippen LogP contribution in [0.1, 0.15) is 18.9 Å². The van der Waals surface area contributed by atoms with E-state index in [0.717, 1.165) is 5.56 Å². The van der Waals surface area contributed by atoms with Gasteiger partial charge < -0.3 is 20.8 Å². The number of benzene rings is 1. The Balaban J connectivity index is 2.51. The smallest absolute Gasteiger partial charge is 0.319 e. The van der Waals surface area contributed by atoms with Crippen LogP contribution < -0.4 is 10.6 Å². The van der Waals surface area contributed by atoms with Crippen molar-refractivity contribution >= 4 is 29.3 Å². The van der Waals surface area contributed by atoms with Crippen molar-refractivity contribution in [2.45, 2.75) is 25.9 Å². The highest BCUT2D eigenvalue weighted by atomic mass is 35.5. The summed E-state index contributed by atoms with van der Waals surface area (Å²) in [6, 6.07) is 4.51. The summed E-state index contributed by atoms with van der Waals surface area (Å²) >= 11 is 5.93. The molecule has 0 aliphatic rings. The number of urea groups is 1. The molecule has 0 aromatic heterocycles. The predicted molar refractivity (Wildman–Crippen MR) is 76.1 cm³/mol. The van der Waals surface area contributed by atoms with Gasteiger partial charge in [0.2, 0.25) is 0 Å². The lowest BCUT2D eigenvalue weighted by Crippen LogP contribution is -2.43. The maximum atomic E-state index is 11.6. The summed E-state index contributed by atoms with van der Waals surface area (Å²) in [6.45, 7) is 3.00. The van der Waals surface area contributed by atoms with E-state index in [1.54, 1.807) is 18.2 Å². The highest BCUT2D eigenvalue weighted by molar-refractivity contribution is 6.31. The van der Waals surface area contributed by atoms with Crippen molar-refractivity contribution in [2.75, 3.05) is 11.9 Å². The number of carbonyl (C=O) groups is 2. The van der Waals surface area contributed by atoms with Crippen molar-refractivity contribution in [2.24, 2.45) is 0 Å². The fourth-order valence-electron chi connectivity index (χ4n) is 1.50. The van der Waals surface area contributed by atoms with Gasteiger partial charge in [-0.15, -0.1) is 0 Å². The monoisotopic (exact) mass is 300 g/mol. The van der Waals surface area contributed by atoms with Crippen LogP contribution in [-0.2, 0) is 4.79 Å². The molecule has 0 aliphatic heterocycles. The molecule has 110 valence electrons. The average molecular weight is 301 g/mol. The molecule has 0 heterocycles. The fourth-order valence-corrected chi connectivity index (χ4v) is 1.69. The van der Waals surface area contributed by atoms with Gasteiger partial charge in [0.15, 0.2) is 0 Å². The lowest BCUT2D eigenvalue weighted by molar-refractivity contribution is -0.141. The lowest BCUT2D eigenvalue weighted by Gasteiger charge is -2.21. The third kappa shape index (κ3) is 5.46. The number of nitrogens with one attached hydrogen (secondary N) is 2. The first-order valence-electron chi connectivity index (χ1n) is 5.95. The Hall–Kier alpha value is -1.79. The highest BCUT2D eigenvalue weighted by Gasteiger charge is 2.24. The summed E-state index contributed by atoms with van der Waals surface area (Å²) < 4.78 is 0. The minimum atomic E-state index is -1.51. The standard InChI is InChI=1S/C13H17ClN2O4/c1-8-3-4-9(5-10(8)14)16-12(19)15-7-13(2,20)6-11(17)18/h3-5,20H,6-7H2,1-2H3,(H,17,18)(H2,15,16,19). The second-order valence-corrected chi connectivity index (χ2v) is 5.25. The predicted octanol–water partition coefficient (Wildman–Crippen LogP) is 2.00. The molecule has 0 radical (unpaired) electrons. The number of hydrogen-bond acceptors (Lipinski definition) is 3. The van der Waals surface area contributed by atoms with Crippen molar-refractivity contribution in [3.8, 4) is 0 Å². The number of aryl methyl sites for hydroxylation is 1. The molecule has 2 amide bonds. The van der Waals surface area contributed by atoms with E-state index in [4.69, 9.17) is 16.7 Å². The zero-order valence-electron chi connectivity index (χ0n) is 11.2. The van der Waals surface area contributed by atoms with Crippen LogP contribution in [0.3, 0.4) is 0 Å². The fraction of sp³-hybridized carbons (Fsp3) is 0.385. The van der Waals surface area contributed by atoms with E-state index in [9.17, 15) is 14.7 Å². The zero-order chi connectivity index (χ0) is 15.3. The van der Waals surface area contributed by atoms with E-state index in [1.165, 1.54) is 6.92 Å². The highest BCUT2D eigenvalue weighted by Crippen LogP contribution is 2.19. The Kier molecular flexibility index (Phi) is 5.35. The number of carboxylic acids is 1. The Morgan fingerprint density at radius 3 is 2.60 bits per heavy atom. The quantitative estimate of drug-likeness (QED) is 0.668.